The van der Waals surface area contributed by atoms with Crippen LogP contribution in [-0.2, 0) is 7.05 Å². The number of ether oxygens (including phenoxy) is 2. The van der Waals surface area contributed by atoms with Crippen molar-refractivity contribution in [3.8, 4) is 29.1 Å². The minimum Gasteiger partial charge on any atom is -0.490 e. The fraction of sp³-hybridized carbons (Fsp3) is 0.176. The van der Waals surface area contributed by atoms with Crippen molar-refractivity contribution in [2.45, 2.75) is 0 Å². The molecule has 3 aromatic rings. The monoisotopic (exact) mass is 339 g/mol. The number of aryl methyl sites for hydroxylation is 1. The minimum atomic E-state index is -0.679. The van der Waals surface area contributed by atoms with Crippen LogP contribution in [0, 0.1) is 17.1 Å². The van der Waals surface area contributed by atoms with Gasteiger partial charge in [-0.2, -0.15) is 10.4 Å². The summed E-state index contributed by atoms with van der Waals surface area (Å²) >= 11 is 0. The van der Waals surface area contributed by atoms with Crippen LogP contribution in [0.25, 0.3) is 11.4 Å². The van der Waals surface area contributed by atoms with Crippen LogP contribution in [0.5, 0.6) is 11.6 Å². The Morgan fingerprint density at radius 1 is 1.16 bits per heavy atom. The van der Waals surface area contributed by atoms with Crippen LogP contribution in [0.1, 0.15) is 5.56 Å². The van der Waals surface area contributed by atoms with Gasteiger partial charge in [0.2, 0.25) is 0 Å². The van der Waals surface area contributed by atoms with Gasteiger partial charge in [-0.15, -0.1) is 0 Å². The summed E-state index contributed by atoms with van der Waals surface area (Å²) in [5.74, 6) is -0.225. The van der Waals surface area contributed by atoms with E-state index in [1.165, 1.54) is 6.20 Å². The maximum atomic E-state index is 13.6. The van der Waals surface area contributed by atoms with Gasteiger partial charge >= 0.3 is 0 Å². The molecule has 0 spiro atoms. The van der Waals surface area contributed by atoms with E-state index in [1.807, 2.05) is 19.2 Å². The third-order valence-corrected chi connectivity index (χ3v) is 3.34. The van der Waals surface area contributed by atoms with E-state index >= 15 is 0 Å². The molecule has 3 rings (SSSR count). The average molecular weight is 339 g/mol. The van der Waals surface area contributed by atoms with Gasteiger partial charge in [0.25, 0.3) is 5.88 Å². The van der Waals surface area contributed by atoms with Crippen molar-refractivity contribution in [1.29, 1.82) is 5.26 Å². The van der Waals surface area contributed by atoms with Crippen LogP contribution in [-0.4, -0.2) is 33.0 Å². The minimum absolute atomic E-state index is 0.110. The second kappa shape index (κ2) is 7.40. The Morgan fingerprint density at radius 2 is 2.00 bits per heavy atom. The first-order valence-electron chi connectivity index (χ1n) is 7.43. The van der Waals surface area contributed by atoms with Crippen LogP contribution >= 0.6 is 0 Å². The lowest BCUT2D eigenvalue weighted by Gasteiger charge is -2.09. The Morgan fingerprint density at radius 3 is 2.72 bits per heavy atom. The second-order valence-corrected chi connectivity index (χ2v) is 5.04. The molecule has 3 aromatic heterocycles. The molecule has 0 aliphatic rings. The Kier molecular flexibility index (Phi) is 4.85. The van der Waals surface area contributed by atoms with Crippen molar-refractivity contribution in [3.63, 3.8) is 0 Å². The molecule has 0 radical (unpaired) electrons. The zero-order valence-corrected chi connectivity index (χ0v) is 13.4. The van der Waals surface area contributed by atoms with Gasteiger partial charge in [0, 0.05) is 31.7 Å². The van der Waals surface area contributed by atoms with E-state index in [2.05, 4.69) is 15.1 Å². The number of pyridine rings is 2. The van der Waals surface area contributed by atoms with Crippen LogP contribution in [0.3, 0.4) is 0 Å². The average Bonchev–Trinajstić information content (AvgIpc) is 3.06. The molecule has 8 heteroatoms. The number of rotatable bonds is 6. The zero-order chi connectivity index (χ0) is 17.6. The summed E-state index contributed by atoms with van der Waals surface area (Å²) in [5.41, 5.74) is 1.74. The highest BCUT2D eigenvalue weighted by atomic mass is 19.1. The molecule has 0 amide bonds. The number of hydrogen-bond acceptors (Lipinski definition) is 6. The summed E-state index contributed by atoms with van der Waals surface area (Å²) in [6, 6.07) is 8.25. The third-order valence-electron chi connectivity index (χ3n) is 3.34. The van der Waals surface area contributed by atoms with Crippen molar-refractivity contribution >= 4 is 0 Å². The molecule has 0 N–H and O–H groups in total. The van der Waals surface area contributed by atoms with E-state index in [0.29, 0.717) is 5.75 Å². The van der Waals surface area contributed by atoms with Crippen LogP contribution in [0.4, 0.5) is 4.39 Å². The SMILES string of the molecule is Cn1nccc1-c1cc(OCCOc2ncc(C#N)cc2F)ccn1. The number of halogens is 1. The van der Waals surface area contributed by atoms with Gasteiger partial charge in [-0.25, -0.2) is 9.37 Å². The van der Waals surface area contributed by atoms with E-state index in [9.17, 15) is 4.39 Å². The number of nitrogens with zero attached hydrogens (tertiary/aromatic N) is 5. The van der Waals surface area contributed by atoms with Crippen molar-refractivity contribution in [2.24, 2.45) is 7.05 Å². The van der Waals surface area contributed by atoms with Gasteiger partial charge < -0.3 is 9.47 Å². The largest absolute Gasteiger partial charge is 0.490 e. The molecule has 0 aliphatic carbocycles. The third kappa shape index (κ3) is 3.90. The number of hydrogen-bond donors (Lipinski definition) is 0. The molecular weight excluding hydrogens is 325 g/mol. The highest BCUT2D eigenvalue weighted by molar-refractivity contribution is 5.55. The van der Waals surface area contributed by atoms with E-state index in [-0.39, 0.29) is 24.7 Å². The van der Waals surface area contributed by atoms with E-state index < -0.39 is 5.82 Å². The number of nitriles is 1. The van der Waals surface area contributed by atoms with Crippen LogP contribution < -0.4 is 9.47 Å². The summed E-state index contributed by atoms with van der Waals surface area (Å²) in [6.07, 6.45) is 4.58. The van der Waals surface area contributed by atoms with E-state index in [0.717, 1.165) is 17.5 Å². The smallest absolute Gasteiger partial charge is 0.250 e. The predicted molar refractivity (Wildman–Crippen MR) is 86.3 cm³/mol. The second-order valence-electron chi connectivity index (χ2n) is 5.04. The van der Waals surface area contributed by atoms with Crippen molar-refractivity contribution in [1.82, 2.24) is 19.7 Å². The molecule has 126 valence electrons. The molecule has 7 nitrogen and oxygen atoms in total. The van der Waals surface area contributed by atoms with Crippen LogP contribution in [0.2, 0.25) is 0 Å². The first-order chi connectivity index (χ1) is 12.2. The lowest BCUT2D eigenvalue weighted by molar-refractivity contribution is 0.205. The molecule has 0 bridgehead atoms. The maximum absolute atomic E-state index is 13.6. The molecule has 0 saturated heterocycles. The molecule has 0 fully saturated rings. The van der Waals surface area contributed by atoms with Crippen molar-refractivity contribution in [3.05, 3.63) is 54.2 Å². The van der Waals surface area contributed by atoms with Gasteiger partial charge in [-0.3, -0.25) is 9.67 Å². The first kappa shape index (κ1) is 16.4. The molecular formula is C17H14FN5O2. The van der Waals surface area contributed by atoms with Gasteiger partial charge in [-0.05, 0) is 18.2 Å². The van der Waals surface area contributed by atoms with Crippen molar-refractivity contribution < 1.29 is 13.9 Å². The van der Waals surface area contributed by atoms with Gasteiger partial charge in [0.1, 0.15) is 25.0 Å². The molecule has 0 unspecified atom stereocenters. The Hall–Kier alpha value is -3.47. The Bertz CT molecular complexity index is 919. The Labute approximate surface area is 143 Å². The van der Waals surface area contributed by atoms with Gasteiger partial charge in [-0.1, -0.05) is 0 Å². The topological polar surface area (TPSA) is 85.9 Å². The zero-order valence-electron chi connectivity index (χ0n) is 13.4. The summed E-state index contributed by atoms with van der Waals surface area (Å²) in [6.45, 7) is 0.315. The molecule has 0 saturated carbocycles. The molecule has 0 aliphatic heterocycles. The van der Waals surface area contributed by atoms with E-state index in [1.54, 1.807) is 29.2 Å². The maximum Gasteiger partial charge on any atom is 0.250 e. The quantitative estimate of drug-likeness (QED) is 0.641. The fourth-order valence-corrected chi connectivity index (χ4v) is 2.16. The van der Waals surface area contributed by atoms with Gasteiger partial charge in [0.15, 0.2) is 5.82 Å². The molecule has 25 heavy (non-hydrogen) atoms. The lowest BCUT2D eigenvalue weighted by Crippen LogP contribution is -2.11. The fourth-order valence-electron chi connectivity index (χ4n) is 2.16. The number of aromatic nitrogens is 4. The highest BCUT2D eigenvalue weighted by Crippen LogP contribution is 2.20. The predicted octanol–water partition coefficient (Wildman–Crippen LogP) is 2.35. The van der Waals surface area contributed by atoms with Crippen molar-refractivity contribution in [2.75, 3.05) is 13.2 Å². The first-order valence-corrected chi connectivity index (χ1v) is 7.43. The Balaban J connectivity index is 1.56. The summed E-state index contributed by atoms with van der Waals surface area (Å²) < 4.78 is 26.2. The highest BCUT2D eigenvalue weighted by Gasteiger charge is 2.08. The molecule has 0 aromatic carbocycles. The standard InChI is InChI=1S/C17H14FN5O2/c1-23-16(3-5-22-23)15-9-13(2-4-20-15)24-6-7-25-17-14(18)8-12(10-19)11-21-17/h2-5,8-9,11H,6-7H2,1H3. The normalized spacial score (nSPS) is 10.3. The van der Waals surface area contributed by atoms with Crippen LogP contribution in [0.15, 0.2) is 42.9 Å². The lowest BCUT2D eigenvalue weighted by atomic mass is 10.2. The summed E-state index contributed by atoms with van der Waals surface area (Å²) in [5, 5.41) is 12.8. The summed E-state index contributed by atoms with van der Waals surface area (Å²) in [4.78, 5) is 8.04. The summed E-state index contributed by atoms with van der Waals surface area (Å²) in [7, 11) is 1.83. The molecule has 3 heterocycles. The molecule has 0 atom stereocenters. The van der Waals surface area contributed by atoms with Gasteiger partial charge in [0.05, 0.1) is 17.0 Å². The van der Waals surface area contributed by atoms with E-state index in [4.69, 9.17) is 14.7 Å².